The topological polar surface area (TPSA) is 108 Å². The van der Waals surface area contributed by atoms with E-state index in [4.69, 9.17) is 10.7 Å². The number of nitrogens with zero attached hydrogens (tertiary/aromatic N) is 5. The zero-order chi connectivity index (χ0) is 29.2. The predicted molar refractivity (Wildman–Crippen MR) is 166 cm³/mol. The van der Waals surface area contributed by atoms with Crippen LogP contribution in [0.2, 0.25) is 0 Å². The van der Waals surface area contributed by atoms with E-state index in [-0.39, 0.29) is 29.2 Å². The van der Waals surface area contributed by atoms with E-state index in [1.165, 1.54) is 23.8 Å². The Morgan fingerprint density at radius 3 is 2.07 bits per heavy atom. The van der Waals surface area contributed by atoms with E-state index in [1.54, 1.807) is 0 Å². The zero-order valence-corrected chi connectivity index (χ0v) is 24.9. The lowest BCUT2D eigenvalue weighted by Gasteiger charge is -2.28. The minimum Gasteiger partial charge on any atom is -0.366 e. The Morgan fingerprint density at radius 2 is 1.48 bits per heavy atom. The lowest BCUT2D eigenvalue weighted by Crippen LogP contribution is -2.44. The largest absolute Gasteiger partial charge is 0.366 e. The van der Waals surface area contributed by atoms with E-state index in [0.717, 1.165) is 88.5 Å². The highest BCUT2D eigenvalue weighted by Gasteiger charge is 2.29. The lowest BCUT2D eigenvalue weighted by atomic mass is 9.94. The van der Waals surface area contributed by atoms with Crippen molar-refractivity contribution in [2.75, 3.05) is 19.6 Å². The van der Waals surface area contributed by atoms with Crippen LogP contribution >= 0.6 is 0 Å². The number of aryl methyl sites for hydroxylation is 1. The molecule has 224 valence electrons. The number of carbonyl (C=O) groups is 1. The van der Waals surface area contributed by atoms with E-state index in [0.29, 0.717) is 29.0 Å². The number of benzene rings is 1. The molecule has 1 aromatic carbocycles. The van der Waals surface area contributed by atoms with Crippen LogP contribution in [-0.4, -0.2) is 49.1 Å². The van der Waals surface area contributed by atoms with Gasteiger partial charge in [-0.25, -0.2) is 9.78 Å². The van der Waals surface area contributed by atoms with Crippen molar-refractivity contribution in [3.05, 3.63) is 56.2 Å². The van der Waals surface area contributed by atoms with E-state index >= 15 is 0 Å². The van der Waals surface area contributed by atoms with Gasteiger partial charge in [0.1, 0.15) is 5.82 Å². The third kappa shape index (κ3) is 5.63. The number of nitrogens with two attached hydrogens (primary N) is 1. The van der Waals surface area contributed by atoms with Crippen LogP contribution in [-0.2, 0) is 11.8 Å². The van der Waals surface area contributed by atoms with Crippen molar-refractivity contribution in [2.24, 2.45) is 12.8 Å². The summed E-state index contributed by atoms with van der Waals surface area (Å²) < 4.78 is 5.36. The fraction of sp³-hybridized carbons (Fsp3) is 0.576. The minimum atomic E-state index is -0.386. The van der Waals surface area contributed by atoms with Gasteiger partial charge in [-0.05, 0) is 69.7 Å². The van der Waals surface area contributed by atoms with Gasteiger partial charge >= 0.3 is 5.69 Å². The molecule has 2 saturated carbocycles. The second-order valence-electron chi connectivity index (χ2n) is 12.5. The van der Waals surface area contributed by atoms with Gasteiger partial charge in [0.2, 0.25) is 5.91 Å². The van der Waals surface area contributed by atoms with Crippen LogP contribution in [0, 0.1) is 0 Å². The fourth-order valence-corrected chi connectivity index (χ4v) is 7.39. The fourth-order valence-electron chi connectivity index (χ4n) is 7.39. The molecule has 0 radical (unpaired) electrons. The van der Waals surface area contributed by atoms with Crippen molar-refractivity contribution in [1.82, 2.24) is 23.6 Å². The molecule has 2 aromatic heterocycles. The molecular weight excluding hydrogens is 528 g/mol. The number of primary amides is 1. The number of carbonyl (C=O) groups excluding carboxylic acids is 1. The molecule has 9 heteroatoms. The maximum Gasteiger partial charge on any atom is 0.333 e. The standard InChI is InChI=1S/C33H44N6O3/c1-36-30(24-16-14-23(15-17-24)22-25(29(34)40)18-21-37-19-8-9-20-37)35-28-31(36)38(26-10-4-2-5-11-26)33(42)39(32(28)41)27-12-6-3-7-13-27/h14-17,22,26-27H,2-13,18-21H2,1H3,(H2,34,40)/b25-22+. The Balaban J connectivity index is 1.38. The molecule has 3 aromatic rings. The van der Waals surface area contributed by atoms with Gasteiger partial charge in [0, 0.05) is 36.8 Å². The van der Waals surface area contributed by atoms with Gasteiger partial charge in [0.15, 0.2) is 11.2 Å². The van der Waals surface area contributed by atoms with Crippen LogP contribution in [0.5, 0.6) is 0 Å². The second-order valence-corrected chi connectivity index (χ2v) is 12.5. The molecule has 2 N–H and O–H groups in total. The van der Waals surface area contributed by atoms with E-state index in [1.807, 2.05) is 46.5 Å². The number of likely N-dealkylation sites (tertiary alicyclic amines) is 1. The Bertz CT molecular complexity index is 1580. The van der Waals surface area contributed by atoms with Crippen LogP contribution in [0.15, 0.2) is 39.4 Å². The summed E-state index contributed by atoms with van der Waals surface area (Å²) in [6, 6.07) is 7.88. The summed E-state index contributed by atoms with van der Waals surface area (Å²) in [5, 5.41) is 0. The van der Waals surface area contributed by atoms with E-state index in [9.17, 15) is 14.4 Å². The number of amides is 1. The van der Waals surface area contributed by atoms with Gasteiger partial charge in [-0.15, -0.1) is 0 Å². The Labute approximate surface area is 247 Å². The van der Waals surface area contributed by atoms with Crippen molar-refractivity contribution in [1.29, 1.82) is 0 Å². The van der Waals surface area contributed by atoms with E-state index < -0.39 is 0 Å². The first-order valence-corrected chi connectivity index (χ1v) is 16.0. The molecular formula is C33H44N6O3. The minimum absolute atomic E-state index is 0.0561. The SMILES string of the molecule is Cn1c(-c2ccc(/C=C(\CCN3CCCC3)C(N)=O)cc2)nc2c(=O)n(C3CCCCC3)c(=O)n(C3CCCCC3)c21. The highest BCUT2D eigenvalue weighted by atomic mass is 16.2. The average Bonchev–Trinajstić information content (AvgIpc) is 3.65. The maximum absolute atomic E-state index is 14.1. The smallest absolute Gasteiger partial charge is 0.333 e. The summed E-state index contributed by atoms with van der Waals surface area (Å²) >= 11 is 0. The van der Waals surface area contributed by atoms with Crippen LogP contribution in [0.3, 0.4) is 0 Å². The number of hydrogen-bond acceptors (Lipinski definition) is 5. The molecule has 0 unspecified atom stereocenters. The van der Waals surface area contributed by atoms with E-state index in [2.05, 4.69) is 4.90 Å². The molecule has 0 bridgehead atoms. The Hall–Kier alpha value is -3.46. The quantitative estimate of drug-likeness (QED) is 0.385. The molecule has 1 aliphatic heterocycles. The molecule has 1 amide bonds. The molecule has 3 heterocycles. The predicted octanol–water partition coefficient (Wildman–Crippen LogP) is 4.93. The molecule has 0 atom stereocenters. The van der Waals surface area contributed by atoms with Gasteiger partial charge in [-0.2, -0.15) is 0 Å². The first kappa shape index (κ1) is 28.6. The zero-order valence-electron chi connectivity index (χ0n) is 24.9. The summed E-state index contributed by atoms with van der Waals surface area (Å²) in [5.74, 6) is 0.274. The molecule has 6 rings (SSSR count). The van der Waals surface area contributed by atoms with Crippen LogP contribution in [0.1, 0.15) is 101 Å². The summed E-state index contributed by atoms with van der Waals surface area (Å²) in [4.78, 5) is 47.4. The van der Waals surface area contributed by atoms with Crippen molar-refractivity contribution in [3.63, 3.8) is 0 Å². The Kier molecular flexibility index (Phi) is 8.47. The summed E-state index contributed by atoms with van der Waals surface area (Å²) in [6.45, 7) is 3.01. The third-order valence-corrected chi connectivity index (χ3v) is 9.73. The average molecular weight is 573 g/mol. The van der Waals surface area contributed by atoms with Crippen molar-refractivity contribution >= 4 is 23.1 Å². The van der Waals surface area contributed by atoms with Gasteiger partial charge in [0.05, 0.1) is 0 Å². The molecule has 3 fully saturated rings. The molecule has 2 aliphatic carbocycles. The van der Waals surface area contributed by atoms with Crippen LogP contribution in [0.25, 0.3) is 28.6 Å². The molecule has 9 nitrogen and oxygen atoms in total. The molecule has 0 spiro atoms. The third-order valence-electron chi connectivity index (χ3n) is 9.73. The number of imidazole rings is 1. The van der Waals surface area contributed by atoms with Gasteiger partial charge in [0.25, 0.3) is 5.56 Å². The van der Waals surface area contributed by atoms with Gasteiger partial charge in [-0.3, -0.25) is 18.7 Å². The number of fused-ring (bicyclic) bond motifs is 1. The second kappa shape index (κ2) is 12.4. The number of hydrogen-bond donors (Lipinski definition) is 1. The Morgan fingerprint density at radius 1 is 0.881 bits per heavy atom. The van der Waals surface area contributed by atoms with Crippen molar-refractivity contribution in [2.45, 2.75) is 95.6 Å². The highest BCUT2D eigenvalue weighted by molar-refractivity contribution is 5.96. The summed E-state index contributed by atoms with van der Waals surface area (Å²) in [6.07, 6.45) is 15.2. The number of aromatic nitrogens is 4. The van der Waals surface area contributed by atoms with Crippen LogP contribution < -0.4 is 17.0 Å². The molecule has 1 saturated heterocycles. The maximum atomic E-state index is 14.1. The monoisotopic (exact) mass is 572 g/mol. The van der Waals surface area contributed by atoms with Gasteiger partial charge in [-0.1, -0.05) is 62.8 Å². The normalized spacial score (nSPS) is 19.6. The van der Waals surface area contributed by atoms with Crippen molar-refractivity contribution in [3.8, 4) is 11.4 Å². The number of rotatable bonds is 8. The molecule has 3 aliphatic rings. The summed E-state index contributed by atoms with van der Waals surface area (Å²) in [7, 11) is 1.91. The van der Waals surface area contributed by atoms with Crippen LogP contribution in [0.4, 0.5) is 0 Å². The summed E-state index contributed by atoms with van der Waals surface area (Å²) in [5.41, 5.74) is 8.67. The molecule has 42 heavy (non-hydrogen) atoms. The van der Waals surface area contributed by atoms with Gasteiger partial charge < -0.3 is 15.2 Å². The first-order chi connectivity index (χ1) is 20.4. The lowest BCUT2D eigenvalue weighted by molar-refractivity contribution is -0.114. The first-order valence-electron chi connectivity index (χ1n) is 16.0. The van der Waals surface area contributed by atoms with Crippen molar-refractivity contribution < 1.29 is 4.79 Å². The highest BCUT2D eigenvalue weighted by Crippen LogP contribution is 2.32.